The van der Waals surface area contributed by atoms with Crippen LogP contribution in [0.4, 0.5) is 4.39 Å². The van der Waals surface area contributed by atoms with E-state index in [2.05, 4.69) is 17.2 Å². The Labute approximate surface area is 125 Å². The molecule has 0 amide bonds. The summed E-state index contributed by atoms with van der Waals surface area (Å²) in [6.45, 7) is 6.12. The highest BCUT2D eigenvalue weighted by Gasteiger charge is 2.38. The van der Waals surface area contributed by atoms with E-state index in [0.717, 1.165) is 19.4 Å². The normalized spacial score (nSPS) is 26.9. The van der Waals surface area contributed by atoms with Crippen molar-refractivity contribution in [2.45, 2.75) is 63.7 Å². The SMILES string of the molecule is CCNC1CCC(O)(c2ncc(C(C)(C)O)cc2F)CC1. The fraction of sp³-hybridized carbons (Fsp3) is 0.688. The molecule has 0 aromatic carbocycles. The van der Waals surface area contributed by atoms with Crippen molar-refractivity contribution in [3.63, 3.8) is 0 Å². The van der Waals surface area contributed by atoms with Crippen LogP contribution in [0.25, 0.3) is 0 Å². The highest BCUT2D eigenvalue weighted by atomic mass is 19.1. The molecule has 1 heterocycles. The smallest absolute Gasteiger partial charge is 0.148 e. The van der Waals surface area contributed by atoms with E-state index in [1.807, 2.05) is 0 Å². The molecule has 0 saturated heterocycles. The fourth-order valence-corrected chi connectivity index (χ4v) is 2.94. The molecule has 1 saturated carbocycles. The van der Waals surface area contributed by atoms with Crippen LogP contribution >= 0.6 is 0 Å². The summed E-state index contributed by atoms with van der Waals surface area (Å²) in [6, 6.07) is 1.66. The summed E-state index contributed by atoms with van der Waals surface area (Å²) in [5, 5.41) is 24.0. The predicted octanol–water partition coefficient (Wildman–Crippen LogP) is 2.19. The Morgan fingerprint density at radius 1 is 1.43 bits per heavy atom. The first-order valence-corrected chi connectivity index (χ1v) is 7.61. The maximum absolute atomic E-state index is 14.3. The lowest BCUT2D eigenvalue weighted by atomic mass is 9.79. The highest BCUT2D eigenvalue weighted by Crippen LogP contribution is 2.37. The van der Waals surface area contributed by atoms with Gasteiger partial charge in [0, 0.05) is 17.8 Å². The summed E-state index contributed by atoms with van der Waals surface area (Å²) in [5.74, 6) is -0.543. The average molecular weight is 296 g/mol. The van der Waals surface area contributed by atoms with Crippen molar-refractivity contribution in [3.05, 3.63) is 29.3 Å². The van der Waals surface area contributed by atoms with E-state index in [9.17, 15) is 14.6 Å². The molecule has 118 valence electrons. The topological polar surface area (TPSA) is 65.4 Å². The third kappa shape index (κ3) is 3.59. The zero-order chi connectivity index (χ0) is 15.7. The van der Waals surface area contributed by atoms with E-state index in [1.165, 1.54) is 12.3 Å². The minimum atomic E-state index is -1.20. The third-order valence-electron chi connectivity index (χ3n) is 4.29. The molecule has 4 nitrogen and oxygen atoms in total. The van der Waals surface area contributed by atoms with Gasteiger partial charge in [-0.1, -0.05) is 6.92 Å². The summed E-state index contributed by atoms with van der Waals surface area (Å²) in [5.41, 5.74) is -1.83. The number of rotatable bonds is 4. The predicted molar refractivity (Wildman–Crippen MR) is 79.3 cm³/mol. The molecule has 0 bridgehead atoms. The maximum atomic E-state index is 14.3. The standard InChI is InChI=1S/C16H25FN2O2/c1-4-18-12-5-7-16(21,8-6-12)14-13(17)9-11(10-19-14)15(2,3)20/h9-10,12,18,20-21H,4-8H2,1-3H3. The quantitative estimate of drug-likeness (QED) is 0.797. The van der Waals surface area contributed by atoms with Crippen LogP contribution in [0.2, 0.25) is 0 Å². The second-order valence-electron chi connectivity index (χ2n) is 6.48. The monoisotopic (exact) mass is 296 g/mol. The van der Waals surface area contributed by atoms with Crippen LogP contribution in [-0.2, 0) is 11.2 Å². The lowest BCUT2D eigenvalue weighted by Crippen LogP contribution is -2.40. The Bertz CT molecular complexity index is 492. The number of halogens is 1. The van der Waals surface area contributed by atoms with Gasteiger partial charge < -0.3 is 15.5 Å². The van der Waals surface area contributed by atoms with Crippen molar-refractivity contribution >= 4 is 0 Å². The molecule has 0 atom stereocenters. The zero-order valence-electron chi connectivity index (χ0n) is 13.0. The number of aliphatic hydroxyl groups is 2. The number of hydrogen-bond donors (Lipinski definition) is 3. The molecule has 5 heteroatoms. The number of pyridine rings is 1. The number of aromatic nitrogens is 1. The van der Waals surface area contributed by atoms with Crippen molar-refractivity contribution in [3.8, 4) is 0 Å². The van der Waals surface area contributed by atoms with Gasteiger partial charge in [0.05, 0.1) is 5.60 Å². The lowest BCUT2D eigenvalue weighted by Gasteiger charge is -2.36. The maximum Gasteiger partial charge on any atom is 0.148 e. The second kappa shape index (κ2) is 5.99. The van der Waals surface area contributed by atoms with Gasteiger partial charge in [0.25, 0.3) is 0 Å². The molecular formula is C16H25FN2O2. The summed E-state index contributed by atoms with van der Waals surface area (Å²) in [7, 11) is 0. The minimum Gasteiger partial charge on any atom is -0.386 e. The average Bonchev–Trinajstić information content (AvgIpc) is 2.40. The lowest BCUT2D eigenvalue weighted by molar-refractivity contribution is -0.0155. The van der Waals surface area contributed by atoms with Gasteiger partial charge in [-0.3, -0.25) is 4.98 Å². The van der Waals surface area contributed by atoms with Crippen molar-refractivity contribution in [2.24, 2.45) is 0 Å². The van der Waals surface area contributed by atoms with Gasteiger partial charge in [-0.25, -0.2) is 4.39 Å². The highest BCUT2D eigenvalue weighted by molar-refractivity contribution is 5.25. The molecule has 1 aromatic rings. The largest absolute Gasteiger partial charge is 0.386 e. The van der Waals surface area contributed by atoms with E-state index >= 15 is 0 Å². The van der Waals surface area contributed by atoms with Crippen LogP contribution in [0.1, 0.15) is 57.7 Å². The Kier molecular flexibility index (Phi) is 4.66. The first-order chi connectivity index (χ1) is 9.76. The summed E-state index contributed by atoms with van der Waals surface area (Å²) >= 11 is 0. The second-order valence-corrected chi connectivity index (χ2v) is 6.48. The number of nitrogens with zero attached hydrogens (tertiary/aromatic N) is 1. The van der Waals surface area contributed by atoms with Gasteiger partial charge in [0.15, 0.2) is 0 Å². The van der Waals surface area contributed by atoms with Crippen LogP contribution in [0.3, 0.4) is 0 Å². The molecule has 0 aliphatic heterocycles. The van der Waals surface area contributed by atoms with Gasteiger partial charge in [-0.15, -0.1) is 0 Å². The van der Waals surface area contributed by atoms with E-state index in [4.69, 9.17) is 0 Å². The first kappa shape index (κ1) is 16.3. The molecule has 2 rings (SSSR count). The molecule has 1 fully saturated rings. The van der Waals surface area contributed by atoms with Gasteiger partial charge in [-0.2, -0.15) is 0 Å². The Balaban J connectivity index is 2.19. The van der Waals surface area contributed by atoms with E-state index in [-0.39, 0.29) is 5.69 Å². The van der Waals surface area contributed by atoms with Crippen molar-refractivity contribution in [1.82, 2.24) is 10.3 Å². The molecule has 1 aliphatic carbocycles. The molecule has 0 unspecified atom stereocenters. The molecule has 0 spiro atoms. The van der Waals surface area contributed by atoms with Crippen molar-refractivity contribution in [2.75, 3.05) is 6.54 Å². The Morgan fingerprint density at radius 3 is 2.52 bits per heavy atom. The Hall–Kier alpha value is -1.04. The number of nitrogens with one attached hydrogen (secondary N) is 1. The van der Waals surface area contributed by atoms with Gasteiger partial charge >= 0.3 is 0 Å². The van der Waals surface area contributed by atoms with Crippen molar-refractivity contribution < 1.29 is 14.6 Å². The van der Waals surface area contributed by atoms with Crippen LogP contribution < -0.4 is 5.32 Å². The molecule has 0 radical (unpaired) electrons. The molecule has 21 heavy (non-hydrogen) atoms. The molecule has 1 aromatic heterocycles. The minimum absolute atomic E-state index is 0.102. The van der Waals surface area contributed by atoms with Crippen LogP contribution in [0, 0.1) is 5.82 Å². The van der Waals surface area contributed by atoms with E-state index in [0.29, 0.717) is 24.4 Å². The molecule has 3 N–H and O–H groups in total. The fourth-order valence-electron chi connectivity index (χ4n) is 2.94. The summed E-state index contributed by atoms with van der Waals surface area (Å²) < 4.78 is 14.3. The summed E-state index contributed by atoms with van der Waals surface area (Å²) in [6.07, 6.45) is 4.05. The molecule has 1 aliphatic rings. The summed E-state index contributed by atoms with van der Waals surface area (Å²) in [4.78, 5) is 4.11. The van der Waals surface area contributed by atoms with Crippen LogP contribution in [0.15, 0.2) is 12.3 Å². The Morgan fingerprint density at radius 2 is 2.05 bits per heavy atom. The van der Waals surface area contributed by atoms with Gasteiger partial charge in [0.1, 0.15) is 17.1 Å². The van der Waals surface area contributed by atoms with E-state index in [1.54, 1.807) is 13.8 Å². The van der Waals surface area contributed by atoms with E-state index < -0.39 is 17.0 Å². The van der Waals surface area contributed by atoms with Crippen LogP contribution in [0.5, 0.6) is 0 Å². The first-order valence-electron chi connectivity index (χ1n) is 7.61. The van der Waals surface area contributed by atoms with Crippen LogP contribution in [-0.4, -0.2) is 27.8 Å². The van der Waals surface area contributed by atoms with Crippen molar-refractivity contribution in [1.29, 1.82) is 0 Å². The van der Waals surface area contributed by atoms with Gasteiger partial charge in [0.2, 0.25) is 0 Å². The molecular weight excluding hydrogens is 271 g/mol. The third-order valence-corrected chi connectivity index (χ3v) is 4.29. The zero-order valence-corrected chi connectivity index (χ0v) is 13.0. The number of hydrogen-bond acceptors (Lipinski definition) is 4. The van der Waals surface area contributed by atoms with Gasteiger partial charge in [-0.05, 0) is 52.1 Å².